The van der Waals surface area contributed by atoms with E-state index in [9.17, 15) is 28.7 Å². The molecule has 0 saturated carbocycles. The number of nitrogens with one attached hydrogen (secondary N) is 1. The molecule has 0 aliphatic carbocycles. The highest BCUT2D eigenvalue weighted by molar-refractivity contribution is 5.71. The van der Waals surface area contributed by atoms with Crippen LogP contribution in [0.25, 0.3) is 0 Å². The zero-order valence-electron chi connectivity index (χ0n) is 17.2. The van der Waals surface area contributed by atoms with E-state index in [4.69, 9.17) is 19.7 Å². The van der Waals surface area contributed by atoms with Crippen LogP contribution in [-0.4, -0.2) is 73.1 Å². The lowest BCUT2D eigenvalue weighted by Gasteiger charge is -2.24. The summed E-state index contributed by atoms with van der Waals surface area (Å²) in [4.78, 5) is 48.2. The van der Waals surface area contributed by atoms with Crippen molar-refractivity contribution in [3.63, 3.8) is 0 Å². The molecule has 2 heterocycles. The van der Waals surface area contributed by atoms with Crippen LogP contribution in [-0.2, 0) is 20.8 Å². The maximum absolute atomic E-state index is 14.4. The predicted octanol–water partition coefficient (Wildman–Crippen LogP) is -1.03. The maximum Gasteiger partial charge on any atom is 0.407 e. The van der Waals surface area contributed by atoms with Crippen molar-refractivity contribution in [1.29, 1.82) is 0 Å². The molecule has 1 aliphatic heterocycles. The molecule has 12 nitrogen and oxygen atoms in total. The van der Waals surface area contributed by atoms with Crippen LogP contribution in [0.15, 0.2) is 21.9 Å². The molecule has 0 bridgehead atoms. The van der Waals surface area contributed by atoms with E-state index in [1.54, 1.807) is 20.8 Å². The molecule has 1 aliphatic rings. The van der Waals surface area contributed by atoms with Crippen LogP contribution in [0.3, 0.4) is 0 Å². The predicted molar refractivity (Wildman–Crippen MR) is 102 cm³/mol. The molecule has 1 amide bonds. The highest BCUT2D eigenvalue weighted by Crippen LogP contribution is 2.30. The van der Waals surface area contributed by atoms with Crippen LogP contribution in [0.1, 0.15) is 33.4 Å². The van der Waals surface area contributed by atoms with Gasteiger partial charge in [-0.25, -0.2) is 14.0 Å². The number of alkyl carbamates (subject to hydrolysis) is 1. The standard InChI is InChI=1S/C18H26FN3O9/c1-18(2,3)31-16(28)20-9(6-12(25)26)7-22-11(24)4-5-21(17(22)29)15-13(19)14(27)10(8-23)30-15/h4-5,9-10,13-15,23,27H,6-8H2,1-3H3,(H,20,28)(H,25,26)/t9?,10-,13+,14?,15-/m1/s1. The molecule has 1 aromatic rings. The van der Waals surface area contributed by atoms with Crippen molar-refractivity contribution in [2.24, 2.45) is 0 Å². The molecule has 0 spiro atoms. The van der Waals surface area contributed by atoms with Crippen LogP contribution >= 0.6 is 0 Å². The second kappa shape index (κ2) is 9.58. The van der Waals surface area contributed by atoms with E-state index in [1.165, 1.54) is 0 Å². The first kappa shape index (κ1) is 24.5. The number of carbonyl (C=O) groups excluding carboxylic acids is 1. The third-order valence-electron chi connectivity index (χ3n) is 4.39. The van der Waals surface area contributed by atoms with Crippen molar-refractivity contribution in [2.45, 2.75) is 70.0 Å². The molecule has 0 radical (unpaired) electrons. The van der Waals surface area contributed by atoms with Crippen molar-refractivity contribution < 1.29 is 38.8 Å². The normalized spacial score (nSPS) is 24.6. The topological polar surface area (TPSA) is 169 Å². The Bertz CT molecular complexity index is 923. The van der Waals surface area contributed by atoms with E-state index in [2.05, 4.69) is 5.32 Å². The number of carboxylic acid groups (broad SMARTS) is 1. The fourth-order valence-electron chi connectivity index (χ4n) is 3.04. The minimum Gasteiger partial charge on any atom is -0.481 e. The van der Waals surface area contributed by atoms with Crippen LogP contribution in [0, 0.1) is 0 Å². The summed E-state index contributed by atoms with van der Waals surface area (Å²) < 4.78 is 26.0. The van der Waals surface area contributed by atoms with Gasteiger partial charge < -0.3 is 30.1 Å². The Morgan fingerprint density at radius 3 is 2.52 bits per heavy atom. The number of aliphatic hydroxyl groups is 2. The van der Waals surface area contributed by atoms with Gasteiger partial charge in [0, 0.05) is 12.3 Å². The third-order valence-corrected chi connectivity index (χ3v) is 4.39. The van der Waals surface area contributed by atoms with Gasteiger partial charge in [0.15, 0.2) is 12.4 Å². The molecule has 5 atom stereocenters. The zero-order chi connectivity index (χ0) is 23.5. The Labute approximate surface area is 175 Å². The summed E-state index contributed by atoms with van der Waals surface area (Å²) in [5, 5.41) is 30.3. The molecule has 4 N–H and O–H groups in total. The van der Waals surface area contributed by atoms with Crippen molar-refractivity contribution in [3.05, 3.63) is 33.1 Å². The minimum absolute atomic E-state index is 0.542. The first-order valence-corrected chi connectivity index (χ1v) is 9.45. The van der Waals surface area contributed by atoms with Gasteiger partial charge in [-0.05, 0) is 20.8 Å². The summed E-state index contributed by atoms with van der Waals surface area (Å²) in [6.07, 6.45) is -7.22. The Kier molecular flexibility index (Phi) is 7.57. The van der Waals surface area contributed by atoms with Gasteiger partial charge in [0.1, 0.15) is 17.8 Å². The number of aromatic nitrogens is 2. The lowest BCUT2D eigenvalue weighted by atomic mass is 10.1. The lowest BCUT2D eigenvalue weighted by molar-refractivity contribution is -0.137. The minimum atomic E-state index is -2.06. The number of aliphatic carboxylic acids is 1. The molecule has 2 unspecified atom stereocenters. The largest absolute Gasteiger partial charge is 0.481 e. The van der Waals surface area contributed by atoms with Gasteiger partial charge in [-0.3, -0.25) is 18.7 Å². The number of hydrogen-bond donors (Lipinski definition) is 4. The van der Waals surface area contributed by atoms with E-state index in [0.717, 1.165) is 16.8 Å². The lowest BCUT2D eigenvalue weighted by Crippen LogP contribution is -2.49. The van der Waals surface area contributed by atoms with Crippen molar-refractivity contribution in [2.75, 3.05) is 6.61 Å². The van der Waals surface area contributed by atoms with Crippen molar-refractivity contribution in [1.82, 2.24) is 14.5 Å². The average molecular weight is 447 g/mol. The van der Waals surface area contributed by atoms with Crippen LogP contribution in [0.4, 0.5) is 9.18 Å². The Morgan fingerprint density at radius 2 is 2.00 bits per heavy atom. The average Bonchev–Trinajstić information content (AvgIpc) is 2.91. The molecule has 174 valence electrons. The molecule has 31 heavy (non-hydrogen) atoms. The summed E-state index contributed by atoms with van der Waals surface area (Å²) >= 11 is 0. The van der Waals surface area contributed by atoms with Gasteiger partial charge in [-0.15, -0.1) is 0 Å². The monoisotopic (exact) mass is 447 g/mol. The summed E-state index contributed by atoms with van der Waals surface area (Å²) in [6, 6.07) is -0.267. The van der Waals surface area contributed by atoms with Gasteiger partial charge in [0.05, 0.1) is 25.6 Å². The highest BCUT2D eigenvalue weighted by atomic mass is 19.1. The quantitative estimate of drug-likeness (QED) is 0.408. The Balaban J connectivity index is 2.32. The molecule has 0 aromatic carbocycles. The molecule has 1 aromatic heterocycles. The van der Waals surface area contributed by atoms with Crippen LogP contribution in [0.5, 0.6) is 0 Å². The summed E-state index contributed by atoms with van der Waals surface area (Å²) in [6.45, 7) is 3.57. The number of carbonyl (C=O) groups is 2. The second-order valence-corrected chi connectivity index (χ2v) is 8.08. The fourth-order valence-corrected chi connectivity index (χ4v) is 3.04. The number of hydrogen-bond acceptors (Lipinski definition) is 8. The summed E-state index contributed by atoms with van der Waals surface area (Å²) in [5.74, 6) is -1.30. The van der Waals surface area contributed by atoms with Gasteiger partial charge in [-0.1, -0.05) is 0 Å². The number of halogens is 1. The third kappa shape index (κ3) is 6.12. The molecule has 1 saturated heterocycles. The van der Waals surface area contributed by atoms with Crippen LogP contribution in [0.2, 0.25) is 0 Å². The number of nitrogens with zero attached hydrogens (tertiary/aromatic N) is 2. The van der Waals surface area contributed by atoms with E-state index in [0.29, 0.717) is 4.57 Å². The van der Waals surface area contributed by atoms with Gasteiger partial charge in [0.25, 0.3) is 5.56 Å². The van der Waals surface area contributed by atoms with E-state index < -0.39 is 79.1 Å². The number of aliphatic hydroxyl groups excluding tert-OH is 2. The van der Waals surface area contributed by atoms with E-state index in [1.807, 2.05) is 0 Å². The van der Waals surface area contributed by atoms with Gasteiger partial charge in [0.2, 0.25) is 0 Å². The Morgan fingerprint density at radius 1 is 1.35 bits per heavy atom. The second-order valence-electron chi connectivity index (χ2n) is 8.08. The molecular formula is C18H26FN3O9. The molecule has 1 fully saturated rings. The number of carboxylic acids is 1. The van der Waals surface area contributed by atoms with Gasteiger partial charge in [-0.2, -0.15) is 0 Å². The Hall–Kier alpha value is -2.77. The van der Waals surface area contributed by atoms with Crippen molar-refractivity contribution in [3.8, 4) is 0 Å². The van der Waals surface area contributed by atoms with E-state index in [-0.39, 0.29) is 0 Å². The first-order chi connectivity index (χ1) is 14.3. The number of amides is 1. The van der Waals surface area contributed by atoms with E-state index >= 15 is 0 Å². The fraction of sp³-hybridized carbons (Fsp3) is 0.667. The first-order valence-electron chi connectivity index (χ1n) is 9.45. The smallest absolute Gasteiger partial charge is 0.407 e. The maximum atomic E-state index is 14.4. The van der Waals surface area contributed by atoms with Crippen molar-refractivity contribution >= 4 is 12.1 Å². The number of alkyl halides is 1. The van der Waals surface area contributed by atoms with Crippen LogP contribution < -0.4 is 16.6 Å². The number of ether oxygens (including phenoxy) is 2. The summed E-state index contributed by atoms with van der Waals surface area (Å²) in [7, 11) is 0. The zero-order valence-corrected chi connectivity index (χ0v) is 17.2. The molecule has 2 rings (SSSR count). The van der Waals surface area contributed by atoms with Gasteiger partial charge >= 0.3 is 17.8 Å². The summed E-state index contributed by atoms with van der Waals surface area (Å²) in [5.41, 5.74) is -2.74. The number of rotatable bonds is 7. The molecular weight excluding hydrogens is 421 g/mol. The SMILES string of the molecule is CC(C)(C)OC(=O)NC(CC(=O)O)Cn1c(=O)ccn([C@@H]2O[C@H](CO)C(O)[C@@H]2F)c1=O. The molecule has 13 heteroatoms. The highest BCUT2D eigenvalue weighted by Gasteiger charge is 2.45.